The normalized spacial score (nSPS) is 19.9. The van der Waals surface area contributed by atoms with Gasteiger partial charge in [-0.25, -0.2) is 0 Å². The summed E-state index contributed by atoms with van der Waals surface area (Å²) in [6.07, 6.45) is 4.83. The molecule has 1 fully saturated rings. The number of nitrogens with zero attached hydrogens (tertiary/aromatic N) is 1. The summed E-state index contributed by atoms with van der Waals surface area (Å²) in [5.41, 5.74) is 5.05. The van der Waals surface area contributed by atoms with Crippen LogP contribution in [0, 0.1) is 0 Å². The molecular formula is C26H25NO2. The van der Waals surface area contributed by atoms with Gasteiger partial charge >= 0.3 is 0 Å². The fraction of sp³-hybridized carbons (Fsp3) is 0.231. The first-order valence-electron chi connectivity index (χ1n) is 10.2. The lowest BCUT2D eigenvalue weighted by Crippen LogP contribution is -2.42. The van der Waals surface area contributed by atoms with Crippen LogP contribution in [-0.4, -0.2) is 19.2 Å². The van der Waals surface area contributed by atoms with Crippen molar-refractivity contribution in [3.63, 3.8) is 0 Å². The van der Waals surface area contributed by atoms with Gasteiger partial charge in [0, 0.05) is 17.8 Å². The van der Waals surface area contributed by atoms with E-state index in [0.717, 1.165) is 23.8 Å². The van der Waals surface area contributed by atoms with Gasteiger partial charge in [0.05, 0.1) is 12.6 Å². The average molecular weight is 383 g/mol. The predicted octanol–water partition coefficient (Wildman–Crippen LogP) is 6.29. The molecule has 3 aromatic rings. The number of ether oxygens (including phenoxy) is 2. The zero-order chi connectivity index (χ0) is 19.8. The highest BCUT2D eigenvalue weighted by Crippen LogP contribution is 2.47. The van der Waals surface area contributed by atoms with Gasteiger partial charge in [0.25, 0.3) is 0 Å². The van der Waals surface area contributed by atoms with E-state index < -0.39 is 0 Å². The molecule has 3 nitrogen and oxygen atoms in total. The maximum Gasteiger partial charge on any atom is 0.128 e. The van der Waals surface area contributed by atoms with Gasteiger partial charge in [-0.05, 0) is 73.4 Å². The van der Waals surface area contributed by atoms with Crippen LogP contribution in [0.1, 0.15) is 30.9 Å². The first-order valence-corrected chi connectivity index (χ1v) is 10.2. The lowest BCUT2D eigenvalue weighted by atomic mass is 9.84. The molecule has 0 aromatic heterocycles. The van der Waals surface area contributed by atoms with E-state index in [1.807, 2.05) is 42.5 Å². The van der Waals surface area contributed by atoms with Crippen LogP contribution in [0.25, 0.3) is 5.57 Å². The Hall–Kier alpha value is -3.20. The summed E-state index contributed by atoms with van der Waals surface area (Å²) in [6, 6.07) is 24.8. The Balaban J connectivity index is 1.60. The predicted molar refractivity (Wildman–Crippen MR) is 118 cm³/mol. The summed E-state index contributed by atoms with van der Waals surface area (Å²) in [5, 5.41) is 0. The van der Waals surface area contributed by atoms with Crippen molar-refractivity contribution in [2.24, 2.45) is 0 Å². The molecule has 1 unspecified atom stereocenters. The van der Waals surface area contributed by atoms with Crippen LogP contribution in [0.2, 0.25) is 0 Å². The summed E-state index contributed by atoms with van der Waals surface area (Å²) < 4.78 is 11.5. The van der Waals surface area contributed by atoms with E-state index in [4.69, 9.17) is 9.47 Å². The smallest absolute Gasteiger partial charge is 0.128 e. The summed E-state index contributed by atoms with van der Waals surface area (Å²) >= 11 is 0. The molecule has 146 valence electrons. The van der Waals surface area contributed by atoms with Gasteiger partial charge in [0.1, 0.15) is 17.2 Å². The van der Waals surface area contributed by atoms with E-state index in [1.54, 1.807) is 7.11 Å². The highest BCUT2D eigenvalue weighted by Gasteiger charge is 2.40. The van der Waals surface area contributed by atoms with Crippen LogP contribution in [0.3, 0.4) is 0 Å². The summed E-state index contributed by atoms with van der Waals surface area (Å²) in [7, 11) is 1.70. The third kappa shape index (κ3) is 3.17. The third-order valence-electron chi connectivity index (χ3n) is 6.07. The first kappa shape index (κ1) is 17.9. The highest BCUT2D eigenvalue weighted by atomic mass is 16.5. The fourth-order valence-corrected chi connectivity index (χ4v) is 4.58. The van der Waals surface area contributed by atoms with Gasteiger partial charge in [-0.1, -0.05) is 36.4 Å². The van der Waals surface area contributed by atoms with Gasteiger partial charge in [0.2, 0.25) is 0 Å². The number of hydrogen-bond acceptors (Lipinski definition) is 3. The summed E-state index contributed by atoms with van der Waals surface area (Å²) in [6.45, 7) is 3.44. The Bertz CT molecular complexity index is 1060. The molecular weight excluding hydrogens is 358 g/mol. The molecule has 0 N–H and O–H groups in total. The van der Waals surface area contributed by atoms with Crippen molar-refractivity contribution in [1.29, 1.82) is 0 Å². The number of rotatable bonds is 4. The Kier molecular flexibility index (Phi) is 4.31. The van der Waals surface area contributed by atoms with E-state index in [1.165, 1.54) is 35.2 Å². The van der Waals surface area contributed by atoms with E-state index in [0.29, 0.717) is 0 Å². The van der Waals surface area contributed by atoms with Gasteiger partial charge in [-0.15, -0.1) is 0 Å². The molecule has 0 bridgehead atoms. The molecule has 29 heavy (non-hydrogen) atoms. The molecule has 2 heterocycles. The zero-order valence-electron chi connectivity index (χ0n) is 16.9. The van der Waals surface area contributed by atoms with Crippen LogP contribution >= 0.6 is 0 Å². The van der Waals surface area contributed by atoms with Crippen molar-refractivity contribution in [2.75, 3.05) is 18.6 Å². The fourth-order valence-electron chi connectivity index (χ4n) is 4.58. The van der Waals surface area contributed by atoms with Crippen LogP contribution < -0.4 is 14.4 Å². The number of anilines is 1. The number of para-hydroxylation sites is 1. The molecule has 5 rings (SSSR count). The Morgan fingerprint density at radius 2 is 1.62 bits per heavy atom. The van der Waals surface area contributed by atoms with Gasteiger partial charge in [-0.2, -0.15) is 0 Å². The van der Waals surface area contributed by atoms with Gasteiger partial charge < -0.3 is 14.4 Å². The minimum absolute atomic E-state index is 0.0596. The van der Waals surface area contributed by atoms with Crippen molar-refractivity contribution in [1.82, 2.24) is 0 Å². The van der Waals surface area contributed by atoms with Crippen molar-refractivity contribution in [2.45, 2.75) is 25.3 Å². The second-order valence-electron chi connectivity index (χ2n) is 7.99. The Morgan fingerprint density at radius 1 is 0.862 bits per heavy atom. The molecule has 1 saturated heterocycles. The van der Waals surface area contributed by atoms with Crippen molar-refractivity contribution < 1.29 is 9.47 Å². The van der Waals surface area contributed by atoms with E-state index >= 15 is 0 Å². The molecule has 1 atom stereocenters. The average Bonchev–Trinajstić information content (AvgIpc) is 3.16. The van der Waals surface area contributed by atoms with Crippen molar-refractivity contribution >= 4 is 11.3 Å². The summed E-state index contributed by atoms with van der Waals surface area (Å²) in [4.78, 5) is 2.54. The molecule has 0 amide bonds. The monoisotopic (exact) mass is 383 g/mol. The Labute approximate surface area is 172 Å². The van der Waals surface area contributed by atoms with Crippen LogP contribution in [0.15, 0.2) is 78.9 Å². The molecule has 2 aliphatic heterocycles. The second kappa shape index (κ2) is 7.00. The SMILES string of the molecule is COc1ccc(C2=CC3(C)CCCN3c3ccc(Oc4ccccc4)cc32)cc1. The Morgan fingerprint density at radius 3 is 2.38 bits per heavy atom. The van der Waals surface area contributed by atoms with Crippen molar-refractivity contribution in [3.8, 4) is 17.2 Å². The maximum absolute atomic E-state index is 6.14. The second-order valence-corrected chi connectivity index (χ2v) is 7.99. The minimum Gasteiger partial charge on any atom is -0.497 e. The van der Waals surface area contributed by atoms with E-state index in [-0.39, 0.29) is 5.54 Å². The first-order chi connectivity index (χ1) is 14.2. The maximum atomic E-state index is 6.14. The lowest BCUT2D eigenvalue weighted by molar-refractivity contribution is 0.415. The molecule has 3 aromatic carbocycles. The molecule has 0 radical (unpaired) electrons. The van der Waals surface area contributed by atoms with Crippen LogP contribution in [0.4, 0.5) is 5.69 Å². The zero-order valence-corrected chi connectivity index (χ0v) is 16.9. The van der Waals surface area contributed by atoms with Gasteiger partial charge in [-0.3, -0.25) is 0 Å². The van der Waals surface area contributed by atoms with Crippen LogP contribution in [-0.2, 0) is 0 Å². The lowest BCUT2D eigenvalue weighted by Gasteiger charge is -2.41. The molecule has 0 spiro atoms. The topological polar surface area (TPSA) is 21.7 Å². The number of fused-ring (bicyclic) bond motifs is 3. The van der Waals surface area contributed by atoms with Crippen molar-refractivity contribution in [3.05, 3.63) is 90.0 Å². The quantitative estimate of drug-likeness (QED) is 0.528. The molecule has 0 aliphatic carbocycles. The van der Waals surface area contributed by atoms with Gasteiger partial charge in [0.15, 0.2) is 0 Å². The number of methoxy groups -OCH3 is 1. The highest BCUT2D eigenvalue weighted by molar-refractivity contribution is 5.91. The molecule has 2 aliphatic rings. The van der Waals surface area contributed by atoms with E-state index in [9.17, 15) is 0 Å². The largest absolute Gasteiger partial charge is 0.497 e. The third-order valence-corrected chi connectivity index (χ3v) is 6.07. The molecule has 0 saturated carbocycles. The van der Waals surface area contributed by atoms with E-state index in [2.05, 4.69) is 48.2 Å². The van der Waals surface area contributed by atoms with Crippen LogP contribution in [0.5, 0.6) is 17.2 Å². The number of benzene rings is 3. The molecule has 3 heteroatoms. The summed E-state index contributed by atoms with van der Waals surface area (Å²) in [5.74, 6) is 2.58. The minimum atomic E-state index is 0.0596. The standard InChI is InChI=1S/C26H25NO2/c1-26-15-6-16-27(26)25-14-13-22(29-21-7-4-3-5-8-21)17-23(25)24(18-26)19-9-11-20(28-2)12-10-19/h3-5,7-14,17-18H,6,15-16H2,1-2H3. The number of hydrogen-bond donors (Lipinski definition) is 0.